The van der Waals surface area contributed by atoms with Gasteiger partial charge >= 0.3 is 0 Å². The van der Waals surface area contributed by atoms with Crippen molar-refractivity contribution in [1.29, 1.82) is 0 Å². The highest BCUT2D eigenvalue weighted by molar-refractivity contribution is 7.98. The van der Waals surface area contributed by atoms with Gasteiger partial charge in [-0.3, -0.25) is 0 Å². The van der Waals surface area contributed by atoms with Crippen molar-refractivity contribution in [3.63, 3.8) is 0 Å². The Labute approximate surface area is 165 Å². The summed E-state index contributed by atoms with van der Waals surface area (Å²) in [6, 6.07) is 17.1. The summed E-state index contributed by atoms with van der Waals surface area (Å²) in [5, 5.41) is 12.7. The third-order valence-corrected chi connectivity index (χ3v) is 4.86. The van der Waals surface area contributed by atoms with Crippen LogP contribution in [0.5, 0.6) is 11.5 Å². The van der Waals surface area contributed by atoms with Gasteiger partial charge in [-0.25, -0.2) is 0 Å². The van der Waals surface area contributed by atoms with E-state index in [1.54, 1.807) is 20.3 Å². The summed E-state index contributed by atoms with van der Waals surface area (Å²) in [6.45, 7) is 0. The topological polar surface area (TPSA) is 83.4 Å². The van der Waals surface area contributed by atoms with Crippen LogP contribution in [-0.4, -0.2) is 29.6 Å². The average Bonchev–Trinajstić information content (AvgIpc) is 3.42. The maximum Gasteiger partial charge on any atom is 0.277 e. The van der Waals surface area contributed by atoms with Crippen LogP contribution in [0.2, 0.25) is 0 Å². The minimum Gasteiger partial charge on any atom is -0.497 e. The van der Waals surface area contributed by atoms with E-state index >= 15 is 0 Å². The molecule has 4 rings (SSSR count). The molecule has 0 unspecified atom stereocenters. The molecule has 7 nitrogen and oxygen atoms in total. The van der Waals surface area contributed by atoms with Crippen molar-refractivity contribution in [3.05, 3.63) is 60.3 Å². The van der Waals surface area contributed by atoms with Crippen LogP contribution in [0.4, 0.5) is 0 Å². The summed E-state index contributed by atoms with van der Waals surface area (Å²) in [7, 11) is 3.18. The number of benzene rings is 2. The van der Waals surface area contributed by atoms with Gasteiger partial charge in [-0.2, -0.15) is 0 Å². The van der Waals surface area contributed by atoms with E-state index in [-0.39, 0.29) is 0 Å². The summed E-state index contributed by atoms with van der Waals surface area (Å²) >= 11 is 1.39. The summed E-state index contributed by atoms with van der Waals surface area (Å²) in [5.74, 6) is 2.95. The first-order valence-electron chi connectivity index (χ1n) is 8.46. The normalized spacial score (nSPS) is 10.8. The molecule has 8 heteroatoms. The zero-order valence-corrected chi connectivity index (χ0v) is 16.1. The Morgan fingerprint density at radius 2 is 1.82 bits per heavy atom. The van der Waals surface area contributed by atoms with Crippen LogP contribution in [0.25, 0.3) is 22.8 Å². The van der Waals surface area contributed by atoms with Crippen molar-refractivity contribution in [2.45, 2.75) is 11.0 Å². The van der Waals surface area contributed by atoms with E-state index < -0.39 is 0 Å². The Bertz CT molecular complexity index is 1060. The molecule has 2 aromatic carbocycles. The molecule has 0 aliphatic heterocycles. The molecule has 0 fully saturated rings. The third-order valence-electron chi connectivity index (χ3n) is 4.01. The monoisotopic (exact) mass is 395 g/mol. The van der Waals surface area contributed by atoms with Gasteiger partial charge in [0.15, 0.2) is 5.76 Å². The van der Waals surface area contributed by atoms with Gasteiger partial charge in [-0.15, -0.1) is 10.2 Å². The third kappa shape index (κ3) is 3.86. The van der Waals surface area contributed by atoms with Crippen LogP contribution in [0.1, 0.15) is 5.69 Å². The number of methoxy groups -OCH3 is 2. The number of ether oxygens (including phenoxy) is 2. The van der Waals surface area contributed by atoms with Crippen molar-refractivity contribution in [2.24, 2.45) is 0 Å². The van der Waals surface area contributed by atoms with E-state index in [1.807, 2.05) is 48.5 Å². The SMILES string of the molecule is COc1ccc(-c2nnc(SCc3cc(-c4ccccc4)on3)o2)c(OC)c1. The van der Waals surface area contributed by atoms with Crippen LogP contribution in [0, 0.1) is 0 Å². The van der Waals surface area contributed by atoms with Gasteiger partial charge in [0.2, 0.25) is 0 Å². The highest BCUT2D eigenvalue weighted by Crippen LogP contribution is 2.34. The van der Waals surface area contributed by atoms with Crippen LogP contribution in [-0.2, 0) is 5.75 Å². The van der Waals surface area contributed by atoms with Crippen molar-refractivity contribution in [2.75, 3.05) is 14.2 Å². The summed E-state index contributed by atoms with van der Waals surface area (Å²) in [4.78, 5) is 0. The lowest BCUT2D eigenvalue weighted by atomic mass is 10.2. The number of nitrogens with zero attached hydrogens (tertiary/aromatic N) is 3. The van der Waals surface area contributed by atoms with Gasteiger partial charge in [0, 0.05) is 23.4 Å². The fraction of sp³-hybridized carbons (Fsp3) is 0.150. The molecular weight excluding hydrogens is 378 g/mol. The molecule has 0 aliphatic carbocycles. The lowest BCUT2D eigenvalue weighted by Gasteiger charge is -2.07. The molecule has 142 valence electrons. The molecule has 0 atom stereocenters. The fourth-order valence-electron chi connectivity index (χ4n) is 2.61. The number of hydrogen-bond donors (Lipinski definition) is 0. The maximum absolute atomic E-state index is 5.76. The Morgan fingerprint density at radius 3 is 2.61 bits per heavy atom. The van der Waals surface area contributed by atoms with E-state index in [9.17, 15) is 0 Å². The van der Waals surface area contributed by atoms with E-state index in [0.717, 1.165) is 17.0 Å². The quantitative estimate of drug-likeness (QED) is 0.416. The Morgan fingerprint density at radius 1 is 0.964 bits per heavy atom. The lowest BCUT2D eigenvalue weighted by Crippen LogP contribution is -1.90. The molecule has 0 bridgehead atoms. The Kier molecular flexibility index (Phi) is 5.29. The highest BCUT2D eigenvalue weighted by Gasteiger charge is 2.15. The van der Waals surface area contributed by atoms with E-state index in [1.165, 1.54) is 11.8 Å². The predicted molar refractivity (Wildman–Crippen MR) is 104 cm³/mol. The van der Waals surface area contributed by atoms with Crippen molar-refractivity contribution < 1.29 is 18.4 Å². The van der Waals surface area contributed by atoms with Crippen LogP contribution in [0.15, 0.2) is 68.8 Å². The molecule has 28 heavy (non-hydrogen) atoms. The van der Waals surface area contributed by atoms with E-state index in [2.05, 4.69) is 15.4 Å². The molecule has 4 aromatic rings. The van der Waals surface area contributed by atoms with E-state index in [4.69, 9.17) is 18.4 Å². The lowest BCUT2D eigenvalue weighted by molar-refractivity contribution is 0.393. The van der Waals surface area contributed by atoms with Gasteiger partial charge in [0.25, 0.3) is 11.1 Å². The Balaban J connectivity index is 1.45. The zero-order chi connectivity index (χ0) is 19.3. The first-order valence-corrected chi connectivity index (χ1v) is 9.45. The minimum atomic E-state index is 0.382. The van der Waals surface area contributed by atoms with Crippen LogP contribution in [0.3, 0.4) is 0 Å². The molecule has 0 spiro atoms. The molecule has 2 heterocycles. The van der Waals surface area contributed by atoms with Crippen molar-refractivity contribution in [3.8, 4) is 34.3 Å². The summed E-state index contributed by atoms with van der Waals surface area (Å²) < 4.78 is 21.8. The van der Waals surface area contributed by atoms with Gasteiger partial charge in [-0.1, -0.05) is 47.3 Å². The molecule has 0 radical (unpaired) electrons. The van der Waals surface area contributed by atoms with Gasteiger partial charge in [0.05, 0.1) is 25.5 Å². The smallest absolute Gasteiger partial charge is 0.277 e. The highest BCUT2D eigenvalue weighted by atomic mass is 32.2. The zero-order valence-electron chi connectivity index (χ0n) is 15.3. The van der Waals surface area contributed by atoms with Gasteiger partial charge in [0.1, 0.15) is 11.5 Å². The minimum absolute atomic E-state index is 0.382. The number of rotatable bonds is 7. The molecule has 0 amide bonds. The second kappa shape index (κ2) is 8.18. The molecule has 0 aliphatic rings. The predicted octanol–water partition coefficient (Wildman–Crippen LogP) is 4.70. The summed E-state index contributed by atoms with van der Waals surface area (Å²) in [6.07, 6.45) is 0. The fourth-order valence-corrected chi connectivity index (χ4v) is 3.25. The maximum atomic E-state index is 5.76. The largest absolute Gasteiger partial charge is 0.497 e. The van der Waals surface area contributed by atoms with Crippen LogP contribution >= 0.6 is 11.8 Å². The standard InChI is InChI=1S/C20H17N3O4S/c1-24-15-8-9-16(18(11-15)25-2)19-21-22-20(26-19)28-12-14-10-17(27-23-14)13-6-4-3-5-7-13/h3-11H,12H2,1-2H3. The molecule has 0 N–H and O–H groups in total. The Hall–Kier alpha value is -3.26. The second-order valence-electron chi connectivity index (χ2n) is 5.78. The van der Waals surface area contributed by atoms with Crippen LogP contribution < -0.4 is 9.47 Å². The van der Waals surface area contributed by atoms with Gasteiger partial charge < -0.3 is 18.4 Å². The summed E-state index contributed by atoms with van der Waals surface area (Å²) in [5.41, 5.74) is 2.49. The van der Waals surface area contributed by atoms with Crippen molar-refractivity contribution >= 4 is 11.8 Å². The van der Waals surface area contributed by atoms with Crippen molar-refractivity contribution in [1.82, 2.24) is 15.4 Å². The molecule has 0 saturated heterocycles. The molecular formula is C20H17N3O4S. The molecule has 0 saturated carbocycles. The van der Waals surface area contributed by atoms with Gasteiger partial charge in [-0.05, 0) is 12.1 Å². The second-order valence-corrected chi connectivity index (χ2v) is 6.70. The first-order chi connectivity index (χ1) is 13.8. The first kappa shape index (κ1) is 18.1. The molecule has 2 aromatic heterocycles. The number of thioether (sulfide) groups is 1. The van der Waals surface area contributed by atoms with E-state index in [0.29, 0.717) is 33.9 Å². The number of hydrogen-bond acceptors (Lipinski definition) is 8. The number of aromatic nitrogens is 3. The average molecular weight is 395 g/mol.